The molecule has 106 valence electrons. The van der Waals surface area contributed by atoms with E-state index in [0.29, 0.717) is 5.92 Å². The molecule has 4 nitrogen and oxygen atoms in total. The van der Waals surface area contributed by atoms with Gasteiger partial charge in [0.15, 0.2) is 0 Å². The van der Waals surface area contributed by atoms with Crippen molar-refractivity contribution in [2.45, 2.75) is 26.3 Å². The fraction of sp³-hybridized carbons (Fsp3) is 0.533. The van der Waals surface area contributed by atoms with Crippen LogP contribution < -0.4 is 5.32 Å². The first-order chi connectivity index (χ1) is 9.04. The molecule has 0 saturated heterocycles. The minimum absolute atomic E-state index is 0.455. The Morgan fingerprint density at radius 2 is 1.95 bits per heavy atom. The number of ether oxygens (including phenoxy) is 1. The molecule has 0 aliphatic heterocycles. The van der Waals surface area contributed by atoms with Gasteiger partial charge in [0.2, 0.25) is 0 Å². The lowest BCUT2D eigenvalue weighted by Gasteiger charge is -2.12. The summed E-state index contributed by atoms with van der Waals surface area (Å²) in [6.07, 6.45) is 0. The normalized spacial score (nSPS) is 14.1. The van der Waals surface area contributed by atoms with Gasteiger partial charge >= 0.3 is 5.97 Å². The summed E-state index contributed by atoms with van der Waals surface area (Å²) in [7, 11) is 1.71. The molecule has 0 aliphatic carbocycles. The zero-order valence-electron chi connectivity index (χ0n) is 11.8. The number of nitrogens with one attached hydrogen (secondary N) is 1. The Bertz CT molecular complexity index is 389. The summed E-state index contributed by atoms with van der Waals surface area (Å²) in [6, 6.07) is 7.72. The third kappa shape index (κ3) is 5.41. The molecule has 2 atom stereocenters. The maximum Gasteiger partial charge on any atom is 0.310 e. The third-order valence-corrected chi connectivity index (χ3v) is 3.12. The zero-order chi connectivity index (χ0) is 14.3. The summed E-state index contributed by atoms with van der Waals surface area (Å²) in [4.78, 5) is 10.9. The van der Waals surface area contributed by atoms with Crippen molar-refractivity contribution in [3.63, 3.8) is 0 Å². The lowest BCUT2D eigenvalue weighted by molar-refractivity contribution is -0.138. The molecule has 0 radical (unpaired) electrons. The number of hydrogen-bond acceptors (Lipinski definition) is 3. The van der Waals surface area contributed by atoms with Crippen molar-refractivity contribution >= 4 is 5.97 Å². The van der Waals surface area contributed by atoms with E-state index < -0.39 is 11.9 Å². The highest BCUT2D eigenvalue weighted by Crippen LogP contribution is 2.15. The van der Waals surface area contributed by atoms with Gasteiger partial charge in [-0.15, -0.1) is 0 Å². The van der Waals surface area contributed by atoms with E-state index in [1.807, 2.05) is 24.3 Å². The standard InChI is InChI=1S/C15H23NO3/c1-11(10-19-3)8-16-9-13-4-6-14(7-5-13)12(2)15(17)18/h4-7,11-12,16H,8-10H2,1-3H3,(H,17,18). The molecule has 0 heterocycles. The lowest BCUT2D eigenvalue weighted by Crippen LogP contribution is -2.23. The Morgan fingerprint density at radius 3 is 2.47 bits per heavy atom. The molecule has 0 aliphatic rings. The highest BCUT2D eigenvalue weighted by molar-refractivity contribution is 5.75. The lowest BCUT2D eigenvalue weighted by atomic mass is 10.00. The monoisotopic (exact) mass is 265 g/mol. The van der Waals surface area contributed by atoms with Gasteiger partial charge in [-0.25, -0.2) is 0 Å². The Morgan fingerprint density at radius 1 is 1.32 bits per heavy atom. The van der Waals surface area contributed by atoms with E-state index in [2.05, 4.69) is 12.2 Å². The molecular weight excluding hydrogens is 242 g/mol. The van der Waals surface area contributed by atoms with Crippen LogP contribution in [-0.4, -0.2) is 31.3 Å². The van der Waals surface area contributed by atoms with Crippen molar-refractivity contribution in [1.29, 1.82) is 0 Å². The molecule has 1 aromatic rings. The van der Waals surface area contributed by atoms with Gasteiger partial charge in [0.25, 0.3) is 0 Å². The van der Waals surface area contributed by atoms with E-state index in [1.54, 1.807) is 14.0 Å². The van der Waals surface area contributed by atoms with Crippen LogP contribution in [-0.2, 0) is 16.1 Å². The van der Waals surface area contributed by atoms with Crippen LogP contribution in [0.5, 0.6) is 0 Å². The Balaban J connectivity index is 2.42. The number of benzene rings is 1. The first-order valence-corrected chi connectivity index (χ1v) is 6.56. The molecule has 2 unspecified atom stereocenters. The van der Waals surface area contributed by atoms with Crippen molar-refractivity contribution < 1.29 is 14.6 Å². The number of carboxylic acids is 1. The van der Waals surface area contributed by atoms with Gasteiger partial charge in [0, 0.05) is 26.8 Å². The van der Waals surface area contributed by atoms with Crippen LogP contribution in [0.4, 0.5) is 0 Å². The first kappa shape index (κ1) is 15.7. The van der Waals surface area contributed by atoms with E-state index in [0.717, 1.165) is 30.8 Å². The van der Waals surface area contributed by atoms with Gasteiger partial charge in [-0.3, -0.25) is 4.79 Å². The number of carboxylic acid groups (broad SMARTS) is 1. The summed E-state index contributed by atoms with van der Waals surface area (Å²) in [6.45, 7) is 6.27. The van der Waals surface area contributed by atoms with E-state index in [9.17, 15) is 4.79 Å². The quantitative estimate of drug-likeness (QED) is 0.757. The minimum Gasteiger partial charge on any atom is -0.481 e. The SMILES string of the molecule is COCC(C)CNCc1ccc(C(C)C(=O)O)cc1. The molecule has 1 aromatic carbocycles. The van der Waals surface area contributed by atoms with Gasteiger partial charge in [-0.1, -0.05) is 31.2 Å². The molecule has 0 fully saturated rings. The van der Waals surface area contributed by atoms with Gasteiger partial charge in [0.1, 0.15) is 0 Å². The van der Waals surface area contributed by atoms with Crippen LogP contribution in [0.2, 0.25) is 0 Å². The molecular formula is C15H23NO3. The summed E-state index contributed by atoms with van der Waals surface area (Å²) < 4.78 is 5.08. The largest absolute Gasteiger partial charge is 0.481 e. The molecule has 2 N–H and O–H groups in total. The first-order valence-electron chi connectivity index (χ1n) is 6.56. The Hall–Kier alpha value is -1.39. The van der Waals surface area contributed by atoms with Crippen LogP contribution in [0.3, 0.4) is 0 Å². The summed E-state index contributed by atoms with van der Waals surface area (Å²) >= 11 is 0. The highest BCUT2D eigenvalue weighted by atomic mass is 16.5. The van der Waals surface area contributed by atoms with E-state index >= 15 is 0 Å². The minimum atomic E-state index is -0.792. The van der Waals surface area contributed by atoms with Crippen molar-refractivity contribution in [3.05, 3.63) is 35.4 Å². The second-order valence-electron chi connectivity index (χ2n) is 4.99. The molecule has 0 spiro atoms. The van der Waals surface area contributed by atoms with Gasteiger partial charge < -0.3 is 15.2 Å². The second-order valence-corrected chi connectivity index (χ2v) is 4.99. The molecule has 0 bridgehead atoms. The fourth-order valence-corrected chi connectivity index (χ4v) is 1.87. The Kier molecular flexibility index (Phi) is 6.53. The molecule has 19 heavy (non-hydrogen) atoms. The van der Waals surface area contributed by atoms with Crippen molar-refractivity contribution in [2.24, 2.45) is 5.92 Å². The predicted octanol–water partition coefficient (Wildman–Crippen LogP) is 2.25. The van der Waals surface area contributed by atoms with E-state index in [-0.39, 0.29) is 0 Å². The average Bonchev–Trinajstić information content (AvgIpc) is 2.39. The molecule has 0 saturated carbocycles. The molecule has 4 heteroatoms. The van der Waals surface area contributed by atoms with Gasteiger partial charge in [0.05, 0.1) is 5.92 Å². The highest BCUT2D eigenvalue weighted by Gasteiger charge is 2.12. The number of carbonyl (C=O) groups is 1. The maximum absolute atomic E-state index is 10.9. The topological polar surface area (TPSA) is 58.6 Å². The van der Waals surface area contributed by atoms with Crippen LogP contribution >= 0.6 is 0 Å². The number of aliphatic carboxylic acids is 1. The zero-order valence-corrected chi connectivity index (χ0v) is 11.8. The van der Waals surface area contributed by atoms with Gasteiger partial charge in [-0.2, -0.15) is 0 Å². The van der Waals surface area contributed by atoms with Crippen LogP contribution in [0.25, 0.3) is 0 Å². The van der Waals surface area contributed by atoms with Crippen LogP contribution in [0.15, 0.2) is 24.3 Å². The molecule has 1 rings (SSSR count). The number of rotatable bonds is 8. The Labute approximate surface area is 114 Å². The number of hydrogen-bond donors (Lipinski definition) is 2. The molecule has 0 aromatic heterocycles. The number of methoxy groups -OCH3 is 1. The van der Waals surface area contributed by atoms with Crippen molar-refractivity contribution in [1.82, 2.24) is 5.32 Å². The van der Waals surface area contributed by atoms with Crippen LogP contribution in [0.1, 0.15) is 30.9 Å². The van der Waals surface area contributed by atoms with Gasteiger partial charge in [-0.05, 0) is 24.0 Å². The average molecular weight is 265 g/mol. The second kappa shape index (κ2) is 7.92. The van der Waals surface area contributed by atoms with Crippen molar-refractivity contribution in [3.8, 4) is 0 Å². The van der Waals surface area contributed by atoms with E-state index in [4.69, 9.17) is 9.84 Å². The third-order valence-electron chi connectivity index (χ3n) is 3.12. The summed E-state index contributed by atoms with van der Waals surface area (Å²) in [5, 5.41) is 12.3. The predicted molar refractivity (Wildman–Crippen MR) is 75.2 cm³/mol. The maximum atomic E-state index is 10.9. The van der Waals surface area contributed by atoms with E-state index in [1.165, 1.54) is 0 Å². The fourth-order valence-electron chi connectivity index (χ4n) is 1.87. The summed E-state index contributed by atoms with van der Waals surface area (Å²) in [5.41, 5.74) is 2.00. The molecule has 0 amide bonds. The van der Waals surface area contributed by atoms with Crippen LogP contribution in [0, 0.1) is 5.92 Å². The van der Waals surface area contributed by atoms with Crippen molar-refractivity contribution in [2.75, 3.05) is 20.3 Å². The smallest absolute Gasteiger partial charge is 0.310 e. The summed E-state index contributed by atoms with van der Waals surface area (Å²) in [5.74, 6) is -0.765.